The quantitative estimate of drug-likeness (QED) is 0.577. The van der Waals surface area contributed by atoms with E-state index in [1.807, 2.05) is 19.1 Å². The molecule has 7 nitrogen and oxygen atoms in total. The number of carbonyl (C=O) groups excluding carboxylic acids is 2. The van der Waals surface area contributed by atoms with E-state index in [0.717, 1.165) is 44.7 Å². The van der Waals surface area contributed by atoms with Crippen LogP contribution in [0.25, 0.3) is 0 Å². The molecule has 0 bridgehead atoms. The van der Waals surface area contributed by atoms with Gasteiger partial charge < -0.3 is 15.5 Å². The van der Waals surface area contributed by atoms with Crippen LogP contribution in [0.2, 0.25) is 5.02 Å². The van der Waals surface area contributed by atoms with Gasteiger partial charge in [-0.1, -0.05) is 30.3 Å². The maximum atomic E-state index is 13.2. The van der Waals surface area contributed by atoms with Gasteiger partial charge in [-0.25, -0.2) is 4.39 Å². The minimum absolute atomic E-state index is 0.0440. The summed E-state index contributed by atoms with van der Waals surface area (Å²) in [5, 5.41) is 14.7. The first-order valence-corrected chi connectivity index (χ1v) is 11.6. The van der Waals surface area contributed by atoms with Gasteiger partial charge in [0.25, 0.3) is 0 Å². The number of nitrogens with one attached hydrogen (secondary N) is 2. The van der Waals surface area contributed by atoms with Crippen LogP contribution in [0.3, 0.4) is 0 Å². The molecule has 1 aliphatic rings. The maximum absolute atomic E-state index is 13.2. The largest absolute Gasteiger partial charge is 0.356 e. The Hall–Kier alpha value is -2.39. The van der Waals surface area contributed by atoms with Gasteiger partial charge in [0, 0.05) is 31.2 Å². The molecule has 166 valence electrons. The molecule has 3 rings (SSSR count). The summed E-state index contributed by atoms with van der Waals surface area (Å²) < 4.78 is 13.2. The summed E-state index contributed by atoms with van der Waals surface area (Å²) in [6.07, 6.45) is 2.52. The van der Waals surface area contributed by atoms with Crippen LogP contribution in [0, 0.1) is 11.7 Å². The van der Waals surface area contributed by atoms with Crippen LogP contribution in [-0.4, -0.2) is 47.4 Å². The number of carbonyl (C=O) groups is 2. The van der Waals surface area contributed by atoms with Crippen molar-refractivity contribution in [2.24, 2.45) is 5.92 Å². The topological polar surface area (TPSA) is 87.2 Å². The Kier molecular flexibility index (Phi) is 8.48. The molecule has 0 spiro atoms. The number of aromatic nitrogens is 2. The van der Waals surface area contributed by atoms with Crippen molar-refractivity contribution in [1.82, 2.24) is 15.5 Å². The van der Waals surface area contributed by atoms with Gasteiger partial charge in [0.1, 0.15) is 10.8 Å². The summed E-state index contributed by atoms with van der Waals surface area (Å²) in [6.45, 7) is 4.28. The number of thioether (sulfide) groups is 1. The number of amides is 2. The molecular formula is C21H25ClFN5O2S. The average Bonchev–Trinajstić information content (AvgIpc) is 2.79. The Balaban J connectivity index is 1.44. The Morgan fingerprint density at radius 1 is 1.23 bits per heavy atom. The number of benzene rings is 1. The lowest BCUT2D eigenvalue weighted by atomic mass is 9.96. The molecular weight excluding hydrogens is 441 g/mol. The summed E-state index contributed by atoms with van der Waals surface area (Å²) >= 11 is 6.98. The lowest BCUT2D eigenvalue weighted by molar-refractivity contribution is -0.125. The third-order valence-electron chi connectivity index (χ3n) is 4.92. The molecule has 10 heteroatoms. The van der Waals surface area contributed by atoms with Crippen LogP contribution in [-0.2, 0) is 9.59 Å². The van der Waals surface area contributed by atoms with E-state index in [0.29, 0.717) is 10.7 Å². The molecule has 0 atom stereocenters. The highest BCUT2D eigenvalue weighted by molar-refractivity contribution is 7.99. The van der Waals surface area contributed by atoms with E-state index in [1.54, 1.807) is 0 Å². The van der Waals surface area contributed by atoms with Crippen LogP contribution in [0.5, 0.6) is 0 Å². The molecule has 0 aliphatic carbocycles. The summed E-state index contributed by atoms with van der Waals surface area (Å²) in [6, 6.07) is 7.73. The zero-order chi connectivity index (χ0) is 22.2. The number of nitrogens with zero attached hydrogens (tertiary/aromatic N) is 3. The zero-order valence-electron chi connectivity index (χ0n) is 17.2. The third-order valence-corrected chi connectivity index (χ3v) is 6.13. The highest BCUT2D eigenvalue weighted by atomic mass is 35.5. The summed E-state index contributed by atoms with van der Waals surface area (Å²) in [7, 11) is 0. The molecule has 1 fully saturated rings. The molecule has 2 heterocycles. The van der Waals surface area contributed by atoms with Gasteiger partial charge in [-0.2, -0.15) is 0 Å². The van der Waals surface area contributed by atoms with Crippen molar-refractivity contribution in [1.29, 1.82) is 0 Å². The van der Waals surface area contributed by atoms with E-state index in [1.165, 1.54) is 30.0 Å². The molecule has 2 aromatic rings. The van der Waals surface area contributed by atoms with E-state index < -0.39 is 5.82 Å². The van der Waals surface area contributed by atoms with E-state index in [-0.39, 0.29) is 28.5 Å². The minimum atomic E-state index is -0.534. The summed E-state index contributed by atoms with van der Waals surface area (Å²) in [5.74, 6) is 0.319. The third kappa shape index (κ3) is 6.80. The Morgan fingerprint density at radius 2 is 2.00 bits per heavy atom. The van der Waals surface area contributed by atoms with Gasteiger partial charge in [0.05, 0.1) is 10.8 Å². The van der Waals surface area contributed by atoms with Gasteiger partial charge in [-0.05, 0) is 49.6 Å². The van der Waals surface area contributed by atoms with Crippen molar-refractivity contribution < 1.29 is 14.0 Å². The normalized spacial score (nSPS) is 14.4. The van der Waals surface area contributed by atoms with Crippen molar-refractivity contribution >= 4 is 46.7 Å². The highest BCUT2D eigenvalue weighted by Crippen LogP contribution is 2.24. The van der Waals surface area contributed by atoms with Gasteiger partial charge >= 0.3 is 0 Å². The highest BCUT2D eigenvalue weighted by Gasteiger charge is 2.25. The molecule has 1 aromatic heterocycles. The fourth-order valence-electron chi connectivity index (χ4n) is 3.23. The van der Waals surface area contributed by atoms with Gasteiger partial charge in [-0.3, -0.25) is 9.59 Å². The van der Waals surface area contributed by atoms with Crippen LogP contribution in [0.15, 0.2) is 35.4 Å². The average molecular weight is 466 g/mol. The molecule has 1 saturated heterocycles. The maximum Gasteiger partial charge on any atom is 0.234 e. The van der Waals surface area contributed by atoms with Gasteiger partial charge in [-0.15, -0.1) is 10.2 Å². The van der Waals surface area contributed by atoms with E-state index in [9.17, 15) is 14.0 Å². The number of piperidine rings is 1. The Labute approximate surface area is 190 Å². The van der Waals surface area contributed by atoms with Crippen LogP contribution in [0.4, 0.5) is 15.9 Å². The molecule has 0 radical (unpaired) electrons. The zero-order valence-corrected chi connectivity index (χ0v) is 18.8. The van der Waals surface area contributed by atoms with E-state index in [2.05, 4.69) is 25.7 Å². The molecule has 2 amide bonds. The van der Waals surface area contributed by atoms with Crippen molar-refractivity contribution in [2.45, 2.75) is 31.2 Å². The molecule has 0 unspecified atom stereocenters. The van der Waals surface area contributed by atoms with Crippen molar-refractivity contribution in [3.63, 3.8) is 0 Å². The summed E-state index contributed by atoms with van der Waals surface area (Å²) in [4.78, 5) is 26.3. The first-order chi connectivity index (χ1) is 15.0. The Morgan fingerprint density at radius 3 is 2.65 bits per heavy atom. The number of hydrogen-bond donors (Lipinski definition) is 2. The van der Waals surface area contributed by atoms with Crippen LogP contribution in [0.1, 0.15) is 26.2 Å². The molecule has 1 aliphatic heterocycles. The van der Waals surface area contributed by atoms with E-state index in [4.69, 9.17) is 11.6 Å². The predicted octanol–water partition coefficient (Wildman–Crippen LogP) is 3.74. The molecule has 1 aromatic carbocycles. The van der Waals surface area contributed by atoms with Gasteiger partial charge in [0.2, 0.25) is 11.8 Å². The summed E-state index contributed by atoms with van der Waals surface area (Å²) in [5.41, 5.74) is 0.435. The van der Waals surface area contributed by atoms with Crippen LogP contribution < -0.4 is 15.5 Å². The number of anilines is 2. The standard InChI is InChI=1S/C21H25ClFN5O2S/c1-2-9-24-21(30)14-7-10-28(11-8-14)18-5-6-20(27-26-18)31-13-19(29)25-15-3-4-17(23)16(22)12-15/h3-6,12,14H,2,7-11,13H2,1H3,(H,24,30)(H,25,29). The van der Waals surface area contributed by atoms with Crippen molar-refractivity contribution in [3.8, 4) is 0 Å². The molecule has 0 saturated carbocycles. The Bertz CT molecular complexity index is 907. The smallest absolute Gasteiger partial charge is 0.234 e. The van der Waals surface area contributed by atoms with Crippen molar-refractivity contribution in [2.75, 3.05) is 35.6 Å². The fourth-order valence-corrected chi connectivity index (χ4v) is 4.03. The second kappa shape index (κ2) is 11.3. The van der Waals surface area contributed by atoms with Gasteiger partial charge in [0.15, 0.2) is 5.82 Å². The second-order valence-corrected chi connectivity index (χ2v) is 8.65. The van der Waals surface area contributed by atoms with E-state index >= 15 is 0 Å². The van der Waals surface area contributed by atoms with Crippen molar-refractivity contribution in [3.05, 3.63) is 41.2 Å². The number of halogens is 2. The second-order valence-electron chi connectivity index (χ2n) is 7.25. The predicted molar refractivity (Wildman–Crippen MR) is 121 cm³/mol. The first kappa shape index (κ1) is 23.3. The molecule has 31 heavy (non-hydrogen) atoms. The fraction of sp³-hybridized carbons (Fsp3) is 0.429. The molecule has 2 N–H and O–H groups in total. The number of rotatable bonds is 8. The van der Waals surface area contributed by atoms with Crippen LogP contribution >= 0.6 is 23.4 Å². The SMILES string of the molecule is CCCNC(=O)C1CCN(c2ccc(SCC(=O)Nc3ccc(F)c(Cl)c3)nn2)CC1. The first-order valence-electron chi connectivity index (χ1n) is 10.2. The minimum Gasteiger partial charge on any atom is -0.356 e. The lowest BCUT2D eigenvalue weighted by Gasteiger charge is -2.31. The number of hydrogen-bond acceptors (Lipinski definition) is 6. The lowest BCUT2D eigenvalue weighted by Crippen LogP contribution is -2.41. The monoisotopic (exact) mass is 465 g/mol.